The van der Waals surface area contributed by atoms with Crippen LogP contribution in [0.5, 0.6) is 5.75 Å². The van der Waals surface area contributed by atoms with Crippen LogP contribution >= 0.6 is 11.6 Å². The number of anilines is 1. The second-order valence-electron chi connectivity index (χ2n) is 4.98. The summed E-state index contributed by atoms with van der Waals surface area (Å²) in [7, 11) is -2.15. The van der Waals surface area contributed by atoms with Crippen LogP contribution in [0.2, 0.25) is 5.02 Å². The Morgan fingerprint density at radius 2 is 2.10 bits per heavy atom. The minimum absolute atomic E-state index is 0.100. The number of aliphatic hydroxyl groups is 1. The predicted molar refractivity (Wildman–Crippen MR) is 81.9 cm³/mol. The number of halogens is 1. The van der Waals surface area contributed by atoms with Gasteiger partial charge in [-0.15, -0.1) is 0 Å². The van der Waals surface area contributed by atoms with Crippen molar-refractivity contribution in [3.63, 3.8) is 0 Å². The minimum atomic E-state index is -3.65. The number of piperidine rings is 1. The Balaban J connectivity index is 2.11. The smallest absolute Gasteiger partial charge is 0.301 e. The van der Waals surface area contributed by atoms with Crippen molar-refractivity contribution in [2.24, 2.45) is 5.92 Å². The monoisotopic (exact) mass is 334 g/mol. The lowest BCUT2D eigenvalue weighted by Crippen LogP contribution is -2.42. The van der Waals surface area contributed by atoms with E-state index in [1.54, 1.807) is 18.2 Å². The molecule has 0 bridgehead atoms. The first kappa shape index (κ1) is 16.4. The highest BCUT2D eigenvalue weighted by Crippen LogP contribution is 2.29. The molecule has 1 aromatic carbocycles. The predicted octanol–water partition coefficient (Wildman–Crippen LogP) is 1.71. The Labute approximate surface area is 129 Å². The van der Waals surface area contributed by atoms with Crippen molar-refractivity contribution in [3.05, 3.63) is 23.2 Å². The second kappa shape index (κ2) is 6.83. The van der Waals surface area contributed by atoms with Gasteiger partial charge in [0.25, 0.3) is 0 Å². The Kier molecular flexibility index (Phi) is 5.32. The zero-order chi connectivity index (χ0) is 15.5. The number of hydrogen-bond acceptors (Lipinski definition) is 4. The van der Waals surface area contributed by atoms with Crippen molar-refractivity contribution >= 4 is 27.5 Å². The summed E-state index contributed by atoms with van der Waals surface area (Å²) < 4.78 is 33.6. The Morgan fingerprint density at radius 3 is 2.67 bits per heavy atom. The van der Waals surface area contributed by atoms with E-state index in [0.717, 1.165) is 0 Å². The lowest BCUT2D eigenvalue weighted by Gasteiger charge is -2.30. The number of aliphatic hydroxyl groups excluding tert-OH is 1. The third-order valence-corrected chi connectivity index (χ3v) is 5.44. The first-order valence-corrected chi connectivity index (χ1v) is 8.50. The van der Waals surface area contributed by atoms with E-state index in [4.69, 9.17) is 21.4 Å². The molecule has 0 amide bonds. The summed E-state index contributed by atoms with van der Waals surface area (Å²) >= 11 is 6.01. The zero-order valence-electron chi connectivity index (χ0n) is 11.8. The van der Waals surface area contributed by atoms with Crippen molar-refractivity contribution in [2.45, 2.75) is 12.8 Å². The lowest BCUT2D eigenvalue weighted by molar-refractivity contribution is 0.170. The number of nitrogens with one attached hydrogen (secondary N) is 1. The van der Waals surface area contributed by atoms with Gasteiger partial charge in [0.1, 0.15) is 5.75 Å². The van der Waals surface area contributed by atoms with Gasteiger partial charge in [0, 0.05) is 25.8 Å². The maximum absolute atomic E-state index is 12.4. The average Bonchev–Trinajstić information content (AvgIpc) is 2.49. The third-order valence-electron chi connectivity index (χ3n) is 3.58. The Morgan fingerprint density at radius 1 is 1.43 bits per heavy atom. The van der Waals surface area contributed by atoms with Crippen LogP contribution in [0.25, 0.3) is 0 Å². The van der Waals surface area contributed by atoms with E-state index in [0.29, 0.717) is 42.4 Å². The number of hydrogen-bond donors (Lipinski definition) is 2. The highest BCUT2D eigenvalue weighted by Gasteiger charge is 2.28. The third kappa shape index (κ3) is 4.00. The molecule has 21 heavy (non-hydrogen) atoms. The molecule has 1 saturated heterocycles. The Bertz CT molecular complexity index is 586. The van der Waals surface area contributed by atoms with Gasteiger partial charge in [-0.1, -0.05) is 11.6 Å². The van der Waals surface area contributed by atoms with Crippen molar-refractivity contribution in [3.8, 4) is 5.75 Å². The molecular weight excluding hydrogens is 316 g/mol. The standard InChI is InChI=1S/C13H19ClN2O4S/c1-20-11-2-3-12(14)13(8-11)15-21(18,19)16-6-4-10(9-17)5-7-16/h2-3,8,10,15,17H,4-7,9H2,1H3. The fourth-order valence-corrected chi connectivity index (χ4v) is 3.73. The van der Waals surface area contributed by atoms with E-state index < -0.39 is 10.2 Å². The zero-order valence-corrected chi connectivity index (χ0v) is 13.3. The molecule has 0 saturated carbocycles. The van der Waals surface area contributed by atoms with Gasteiger partial charge >= 0.3 is 10.2 Å². The molecule has 1 aliphatic rings. The number of methoxy groups -OCH3 is 1. The summed E-state index contributed by atoms with van der Waals surface area (Å²) in [5.41, 5.74) is 0.292. The van der Waals surface area contributed by atoms with Gasteiger partial charge < -0.3 is 9.84 Å². The molecule has 2 N–H and O–H groups in total. The van der Waals surface area contributed by atoms with Crippen LogP contribution in [-0.4, -0.2) is 44.6 Å². The average molecular weight is 335 g/mol. The summed E-state index contributed by atoms with van der Waals surface area (Å²) in [4.78, 5) is 0. The van der Waals surface area contributed by atoms with Gasteiger partial charge in [-0.05, 0) is 30.9 Å². The van der Waals surface area contributed by atoms with E-state index in [-0.39, 0.29) is 12.5 Å². The van der Waals surface area contributed by atoms with Gasteiger partial charge in [0.15, 0.2) is 0 Å². The van der Waals surface area contributed by atoms with Crippen LogP contribution in [0, 0.1) is 5.92 Å². The summed E-state index contributed by atoms with van der Waals surface area (Å²) in [6.45, 7) is 0.882. The molecule has 1 fully saturated rings. The van der Waals surface area contributed by atoms with E-state index in [1.807, 2.05) is 0 Å². The molecule has 6 nitrogen and oxygen atoms in total. The molecule has 1 aliphatic heterocycles. The van der Waals surface area contributed by atoms with E-state index in [1.165, 1.54) is 11.4 Å². The van der Waals surface area contributed by atoms with Gasteiger partial charge in [-0.3, -0.25) is 4.72 Å². The quantitative estimate of drug-likeness (QED) is 0.859. The molecule has 1 aromatic rings. The van der Waals surface area contributed by atoms with E-state index >= 15 is 0 Å². The topological polar surface area (TPSA) is 78.9 Å². The summed E-state index contributed by atoms with van der Waals surface area (Å²) in [6, 6.07) is 4.78. The summed E-state index contributed by atoms with van der Waals surface area (Å²) in [5, 5.41) is 9.40. The van der Waals surface area contributed by atoms with Crippen molar-refractivity contribution in [1.29, 1.82) is 0 Å². The van der Waals surface area contributed by atoms with Crippen molar-refractivity contribution in [1.82, 2.24) is 4.31 Å². The number of ether oxygens (including phenoxy) is 1. The maximum atomic E-state index is 12.4. The van der Waals surface area contributed by atoms with Crippen LogP contribution in [0.4, 0.5) is 5.69 Å². The number of rotatable bonds is 5. The molecule has 2 rings (SSSR count). The first-order chi connectivity index (χ1) is 9.96. The Hall–Kier alpha value is -1.02. The second-order valence-corrected chi connectivity index (χ2v) is 7.06. The molecule has 118 valence electrons. The molecule has 0 radical (unpaired) electrons. The molecule has 8 heteroatoms. The molecule has 0 aromatic heterocycles. The number of nitrogens with zero attached hydrogens (tertiary/aromatic N) is 1. The highest BCUT2D eigenvalue weighted by molar-refractivity contribution is 7.90. The fourth-order valence-electron chi connectivity index (χ4n) is 2.25. The van der Waals surface area contributed by atoms with Crippen LogP contribution < -0.4 is 9.46 Å². The van der Waals surface area contributed by atoms with Crippen molar-refractivity contribution in [2.75, 3.05) is 31.5 Å². The highest BCUT2D eigenvalue weighted by atomic mass is 35.5. The van der Waals surface area contributed by atoms with Crippen LogP contribution in [0.15, 0.2) is 18.2 Å². The molecule has 1 heterocycles. The SMILES string of the molecule is COc1ccc(Cl)c(NS(=O)(=O)N2CCC(CO)CC2)c1. The van der Waals surface area contributed by atoms with Gasteiger partial charge in [-0.2, -0.15) is 12.7 Å². The summed E-state index contributed by atoms with van der Waals surface area (Å²) in [5.74, 6) is 0.702. The van der Waals surface area contributed by atoms with Crippen LogP contribution in [-0.2, 0) is 10.2 Å². The molecule has 0 aliphatic carbocycles. The normalized spacial score (nSPS) is 17.7. The largest absolute Gasteiger partial charge is 0.497 e. The van der Waals surface area contributed by atoms with Gasteiger partial charge in [-0.25, -0.2) is 0 Å². The molecule has 0 unspecified atom stereocenters. The molecular formula is C13H19ClN2O4S. The van der Waals surface area contributed by atoms with Crippen molar-refractivity contribution < 1.29 is 18.3 Å². The van der Waals surface area contributed by atoms with Crippen LogP contribution in [0.3, 0.4) is 0 Å². The molecule has 0 spiro atoms. The fraction of sp³-hybridized carbons (Fsp3) is 0.538. The van der Waals surface area contributed by atoms with E-state index in [9.17, 15) is 8.42 Å². The van der Waals surface area contributed by atoms with Crippen LogP contribution in [0.1, 0.15) is 12.8 Å². The molecule has 0 atom stereocenters. The lowest BCUT2D eigenvalue weighted by atomic mass is 10.00. The minimum Gasteiger partial charge on any atom is -0.497 e. The van der Waals surface area contributed by atoms with Gasteiger partial charge in [0.05, 0.1) is 17.8 Å². The number of benzene rings is 1. The summed E-state index contributed by atoms with van der Waals surface area (Å²) in [6.07, 6.45) is 1.31. The maximum Gasteiger partial charge on any atom is 0.301 e. The van der Waals surface area contributed by atoms with Gasteiger partial charge in [0.2, 0.25) is 0 Å². The van der Waals surface area contributed by atoms with E-state index in [2.05, 4.69) is 4.72 Å². The first-order valence-electron chi connectivity index (χ1n) is 6.68.